The second-order valence-corrected chi connectivity index (χ2v) is 5.16. The number of rotatable bonds is 6. The molecule has 1 aromatic rings. The highest BCUT2D eigenvalue weighted by molar-refractivity contribution is 9.10. The number of hydrogen-bond acceptors (Lipinski definition) is 2. The van der Waals surface area contributed by atoms with E-state index in [9.17, 15) is 9.18 Å². The van der Waals surface area contributed by atoms with Gasteiger partial charge in [-0.15, -0.1) is 0 Å². The van der Waals surface area contributed by atoms with E-state index in [1.807, 2.05) is 13.8 Å². The third kappa shape index (κ3) is 5.41. The average molecular weight is 302 g/mol. The Bertz CT molecular complexity index is 393. The average Bonchev–Trinajstić information content (AvgIpc) is 2.23. The second kappa shape index (κ2) is 6.87. The number of carbonyl (C=O) groups is 1. The zero-order chi connectivity index (χ0) is 12.8. The van der Waals surface area contributed by atoms with Gasteiger partial charge in [-0.05, 0) is 23.8 Å². The first kappa shape index (κ1) is 14.3. The maximum absolute atomic E-state index is 13.0. The van der Waals surface area contributed by atoms with E-state index in [0.29, 0.717) is 24.6 Å². The van der Waals surface area contributed by atoms with Gasteiger partial charge in [-0.3, -0.25) is 4.79 Å². The van der Waals surface area contributed by atoms with Gasteiger partial charge in [0.15, 0.2) is 0 Å². The Morgan fingerprint density at radius 3 is 2.82 bits per heavy atom. The molecule has 1 N–H and O–H groups in total. The molecular weight excluding hydrogens is 285 g/mol. The first-order valence-electron chi connectivity index (χ1n) is 5.68. The fourth-order valence-corrected chi connectivity index (χ4v) is 1.87. The number of Topliss-reactive ketones (excluding diaryl/α,β-unsaturated/α-hetero) is 1. The molecule has 0 aliphatic carbocycles. The van der Waals surface area contributed by atoms with Crippen LogP contribution in [-0.2, 0) is 11.2 Å². The summed E-state index contributed by atoms with van der Waals surface area (Å²) in [6.07, 6.45) is 0.749. The monoisotopic (exact) mass is 301 g/mol. The molecule has 0 unspecified atom stereocenters. The maximum atomic E-state index is 13.0. The molecule has 0 fully saturated rings. The highest BCUT2D eigenvalue weighted by Crippen LogP contribution is 2.18. The minimum absolute atomic E-state index is 0.115. The number of halogens is 2. The summed E-state index contributed by atoms with van der Waals surface area (Å²) in [6, 6.07) is 4.78. The van der Waals surface area contributed by atoms with Crippen LogP contribution in [0, 0.1) is 5.82 Å². The largest absolute Gasteiger partial charge is 0.314 e. The summed E-state index contributed by atoms with van der Waals surface area (Å²) in [5, 5.41) is 3.18. The SMILES string of the molecule is CC(C)NCCC(=O)Cc1cc(F)ccc1Br. The molecule has 0 saturated heterocycles. The van der Waals surface area contributed by atoms with Gasteiger partial charge in [-0.25, -0.2) is 4.39 Å². The smallest absolute Gasteiger partial charge is 0.138 e. The van der Waals surface area contributed by atoms with Gasteiger partial charge in [0, 0.05) is 29.9 Å². The molecule has 17 heavy (non-hydrogen) atoms. The lowest BCUT2D eigenvalue weighted by Gasteiger charge is -2.08. The fraction of sp³-hybridized carbons (Fsp3) is 0.462. The Labute approximate surface area is 110 Å². The third-order valence-electron chi connectivity index (χ3n) is 2.35. The van der Waals surface area contributed by atoms with Crippen LogP contribution in [0.25, 0.3) is 0 Å². The number of nitrogens with one attached hydrogen (secondary N) is 1. The van der Waals surface area contributed by atoms with Crippen LogP contribution in [0.2, 0.25) is 0 Å². The van der Waals surface area contributed by atoms with E-state index in [4.69, 9.17) is 0 Å². The van der Waals surface area contributed by atoms with Crippen LogP contribution in [0.3, 0.4) is 0 Å². The molecule has 0 aliphatic heterocycles. The Kier molecular flexibility index (Phi) is 5.78. The number of benzene rings is 1. The summed E-state index contributed by atoms with van der Waals surface area (Å²) in [5.74, 6) is -0.194. The van der Waals surface area contributed by atoms with Gasteiger partial charge in [0.1, 0.15) is 11.6 Å². The first-order chi connectivity index (χ1) is 7.99. The van der Waals surface area contributed by atoms with E-state index in [1.54, 1.807) is 6.07 Å². The minimum atomic E-state index is -0.309. The Hall–Kier alpha value is -0.740. The molecule has 0 aliphatic rings. The minimum Gasteiger partial charge on any atom is -0.314 e. The quantitative estimate of drug-likeness (QED) is 0.875. The lowest BCUT2D eigenvalue weighted by atomic mass is 10.1. The van der Waals surface area contributed by atoms with E-state index in [2.05, 4.69) is 21.2 Å². The van der Waals surface area contributed by atoms with Crippen molar-refractivity contribution in [2.45, 2.75) is 32.7 Å². The Morgan fingerprint density at radius 1 is 1.47 bits per heavy atom. The molecule has 0 bridgehead atoms. The van der Waals surface area contributed by atoms with Crippen molar-refractivity contribution < 1.29 is 9.18 Å². The highest BCUT2D eigenvalue weighted by atomic mass is 79.9. The van der Waals surface area contributed by atoms with Crippen molar-refractivity contribution in [1.29, 1.82) is 0 Å². The molecule has 0 spiro atoms. The number of hydrogen-bond donors (Lipinski definition) is 1. The van der Waals surface area contributed by atoms with Crippen LogP contribution in [0.15, 0.2) is 22.7 Å². The van der Waals surface area contributed by atoms with Crippen molar-refractivity contribution in [1.82, 2.24) is 5.32 Å². The van der Waals surface area contributed by atoms with Crippen LogP contribution in [0.1, 0.15) is 25.8 Å². The summed E-state index contributed by atoms with van der Waals surface area (Å²) in [5.41, 5.74) is 0.708. The van der Waals surface area contributed by atoms with Gasteiger partial charge in [0.25, 0.3) is 0 Å². The van der Waals surface area contributed by atoms with Gasteiger partial charge in [-0.2, -0.15) is 0 Å². The molecule has 0 radical (unpaired) electrons. The molecule has 94 valence electrons. The lowest BCUT2D eigenvalue weighted by Crippen LogP contribution is -2.25. The van der Waals surface area contributed by atoms with E-state index < -0.39 is 0 Å². The number of carbonyl (C=O) groups excluding carboxylic acids is 1. The molecular formula is C13H17BrFNO. The van der Waals surface area contributed by atoms with E-state index in [-0.39, 0.29) is 18.0 Å². The van der Waals surface area contributed by atoms with Crippen molar-refractivity contribution in [2.75, 3.05) is 6.54 Å². The molecule has 0 saturated carbocycles. The molecule has 1 rings (SSSR count). The van der Waals surface area contributed by atoms with Crippen molar-refractivity contribution in [2.24, 2.45) is 0 Å². The Morgan fingerprint density at radius 2 is 2.18 bits per heavy atom. The molecule has 4 heteroatoms. The van der Waals surface area contributed by atoms with Gasteiger partial charge in [0.2, 0.25) is 0 Å². The molecule has 2 nitrogen and oxygen atoms in total. The number of ketones is 1. The zero-order valence-electron chi connectivity index (χ0n) is 10.1. The lowest BCUT2D eigenvalue weighted by molar-refractivity contribution is -0.118. The fourth-order valence-electron chi connectivity index (χ4n) is 1.48. The highest BCUT2D eigenvalue weighted by Gasteiger charge is 2.08. The molecule has 0 heterocycles. The molecule has 0 aromatic heterocycles. The van der Waals surface area contributed by atoms with Crippen LogP contribution in [0.5, 0.6) is 0 Å². The van der Waals surface area contributed by atoms with Gasteiger partial charge in [-0.1, -0.05) is 29.8 Å². The van der Waals surface area contributed by atoms with Crippen LogP contribution in [-0.4, -0.2) is 18.4 Å². The van der Waals surface area contributed by atoms with Crippen LogP contribution < -0.4 is 5.32 Å². The summed E-state index contributed by atoms with van der Waals surface area (Å²) < 4.78 is 13.8. The van der Waals surface area contributed by atoms with Gasteiger partial charge < -0.3 is 5.32 Å². The summed E-state index contributed by atoms with van der Waals surface area (Å²) >= 11 is 3.32. The van der Waals surface area contributed by atoms with E-state index in [0.717, 1.165) is 4.47 Å². The van der Waals surface area contributed by atoms with Crippen LogP contribution >= 0.6 is 15.9 Å². The summed E-state index contributed by atoms with van der Waals surface area (Å²) in [6.45, 7) is 4.74. The third-order valence-corrected chi connectivity index (χ3v) is 3.13. The maximum Gasteiger partial charge on any atom is 0.138 e. The predicted octanol–water partition coefficient (Wildman–Crippen LogP) is 3.09. The van der Waals surface area contributed by atoms with Crippen molar-refractivity contribution >= 4 is 21.7 Å². The van der Waals surface area contributed by atoms with Crippen molar-refractivity contribution in [3.8, 4) is 0 Å². The summed E-state index contributed by atoms with van der Waals surface area (Å²) in [4.78, 5) is 11.7. The van der Waals surface area contributed by atoms with E-state index >= 15 is 0 Å². The van der Waals surface area contributed by atoms with E-state index in [1.165, 1.54) is 12.1 Å². The van der Waals surface area contributed by atoms with Crippen LogP contribution in [0.4, 0.5) is 4.39 Å². The van der Waals surface area contributed by atoms with Gasteiger partial charge in [0.05, 0.1) is 0 Å². The molecule has 1 aromatic carbocycles. The van der Waals surface area contributed by atoms with Crippen molar-refractivity contribution in [3.05, 3.63) is 34.1 Å². The first-order valence-corrected chi connectivity index (χ1v) is 6.47. The second-order valence-electron chi connectivity index (χ2n) is 4.31. The normalized spacial score (nSPS) is 10.9. The zero-order valence-corrected chi connectivity index (χ0v) is 11.7. The topological polar surface area (TPSA) is 29.1 Å². The summed E-state index contributed by atoms with van der Waals surface area (Å²) in [7, 11) is 0. The van der Waals surface area contributed by atoms with Crippen molar-refractivity contribution in [3.63, 3.8) is 0 Å². The molecule has 0 atom stereocenters. The van der Waals surface area contributed by atoms with Gasteiger partial charge >= 0.3 is 0 Å². The predicted molar refractivity (Wildman–Crippen MR) is 70.6 cm³/mol. The Balaban J connectivity index is 2.47. The molecule has 0 amide bonds. The standard InChI is InChI=1S/C13H17BrFNO/c1-9(2)16-6-5-12(17)8-10-7-11(15)3-4-13(10)14/h3-4,7,9,16H,5-6,8H2,1-2H3.